The Hall–Kier alpha value is -0.930. The topological polar surface area (TPSA) is 57.5 Å². The molecule has 2 rings (SSSR count). The normalized spacial score (nSPS) is 42.9. The molecule has 0 spiro atoms. The number of hydrogen-bond donors (Lipinski definition) is 2. The van der Waals surface area contributed by atoms with E-state index in [-0.39, 0.29) is 17.9 Å². The van der Waals surface area contributed by atoms with Crippen LogP contribution in [0.3, 0.4) is 0 Å². The molecule has 5 atom stereocenters. The molecule has 0 aromatic rings. The first-order valence-electron chi connectivity index (χ1n) is 8.38. The summed E-state index contributed by atoms with van der Waals surface area (Å²) in [6.07, 6.45) is 6.91. The smallest absolute Gasteiger partial charge is 0.145 e. The van der Waals surface area contributed by atoms with Crippen molar-refractivity contribution >= 4 is 6.29 Å². The minimum Gasteiger partial charge on any atom is -0.396 e. The maximum absolute atomic E-state index is 10.9. The number of hydrogen-bond acceptors (Lipinski definition) is 3. The molecule has 2 aliphatic carbocycles. The van der Waals surface area contributed by atoms with Crippen molar-refractivity contribution in [3.63, 3.8) is 0 Å². The molecular formula is C19H30O3. The lowest BCUT2D eigenvalue weighted by atomic mass is 9.46. The largest absolute Gasteiger partial charge is 0.396 e. The standard InChI is InChI=1S/C19H30O3/c1-13(11-20)5-7-15-14(2)6-8-16-18(15,3)10-9-17(22)19(16,4)12-21/h5,11,15-17,21-22H,2,6-10,12H2,1,3-4H3/b13-5+/t15-,16+,17+,18+,19-/m0/s1. The fourth-order valence-electron chi connectivity index (χ4n) is 4.99. The van der Waals surface area contributed by atoms with Gasteiger partial charge in [-0.15, -0.1) is 0 Å². The lowest BCUT2D eigenvalue weighted by Gasteiger charge is -2.59. The van der Waals surface area contributed by atoms with Gasteiger partial charge in [-0.2, -0.15) is 0 Å². The van der Waals surface area contributed by atoms with Gasteiger partial charge in [-0.05, 0) is 61.9 Å². The van der Waals surface area contributed by atoms with Crippen LogP contribution >= 0.6 is 0 Å². The molecule has 22 heavy (non-hydrogen) atoms. The maximum atomic E-state index is 10.9. The maximum Gasteiger partial charge on any atom is 0.145 e. The molecule has 2 fully saturated rings. The van der Waals surface area contributed by atoms with Crippen LogP contribution in [0.2, 0.25) is 0 Å². The van der Waals surface area contributed by atoms with Crippen molar-refractivity contribution < 1.29 is 15.0 Å². The molecule has 0 heterocycles. The van der Waals surface area contributed by atoms with Gasteiger partial charge in [0.15, 0.2) is 0 Å². The molecule has 0 bridgehead atoms. The van der Waals surface area contributed by atoms with Crippen LogP contribution in [-0.2, 0) is 4.79 Å². The van der Waals surface area contributed by atoms with Gasteiger partial charge in [0.1, 0.15) is 6.29 Å². The summed E-state index contributed by atoms with van der Waals surface area (Å²) < 4.78 is 0. The number of aliphatic hydroxyl groups excluding tert-OH is 2. The first-order valence-corrected chi connectivity index (χ1v) is 8.38. The van der Waals surface area contributed by atoms with Crippen molar-refractivity contribution in [1.29, 1.82) is 0 Å². The number of allylic oxidation sites excluding steroid dienone is 3. The van der Waals surface area contributed by atoms with Crippen LogP contribution in [0, 0.1) is 22.7 Å². The molecule has 0 aromatic carbocycles. The molecule has 2 saturated carbocycles. The van der Waals surface area contributed by atoms with Crippen molar-refractivity contribution in [1.82, 2.24) is 0 Å². The SMILES string of the molecule is C=C1CC[C@H]2[C@](C)(CO)[C@H](O)CC[C@]2(C)[C@H]1C/C=C(\C)C=O. The van der Waals surface area contributed by atoms with E-state index in [2.05, 4.69) is 13.5 Å². The number of aldehydes is 1. The Bertz CT molecular complexity index is 481. The van der Waals surface area contributed by atoms with Crippen LogP contribution in [0.15, 0.2) is 23.8 Å². The van der Waals surface area contributed by atoms with E-state index in [1.54, 1.807) is 0 Å². The highest BCUT2D eigenvalue weighted by molar-refractivity contribution is 5.71. The first kappa shape index (κ1) is 17.4. The fraction of sp³-hybridized carbons (Fsp3) is 0.737. The molecule has 0 amide bonds. The first-order chi connectivity index (χ1) is 10.3. The summed E-state index contributed by atoms with van der Waals surface area (Å²) in [4.78, 5) is 10.9. The zero-order valence-corrected chi connectivity index (χ0v) is 14.1. The summed E-state index contributed by atoms with van der Waals surface area (Å²) in [6, 6.07) is 0. The number of carbonyl (C=O) groups excluding carboxylic acids is 1. The number of rotatable bonds is 4. The Morgan fingerprint density at radius 1 is 1.41 bits per heavy atom. The summed E-state index contributed by atoms with van der Waals surface area (Å²) in [5.74, 6) is 0.605. The Morgan fingerprint density at radius 3 is 2.68 bits per heavy atom. The molecule has 2 N–H and O–H groups in total. The van der Waals surface area contributed by atoms with Crippen LogP contribution in [0.25, 0.3) is 0 Å². The summed E-state index contributed by atoms with van der Waals surface area (Å²) in [7, 11) is 0. The third-order valence-corrected chi connectivity index (χ3v) is 6.55. The second-order valence-corrected chi connectivity index (χ2v) is 7.83. The van der Waals surface area contributed by atoms with E-state index >= 15 is 0 Å². The summed E-state index contributed by atoms with van der Waals surface area (Å²) in [5, 5.41) is 20.4. The van der Waals surface area contributed by atoms with Crippen LogP contribution in [-0.4, -0.2) is 29.2 Å². The Kier molecular flexibility index (Phi) is 4.98. The number of aliphatic hydroxyl groups is 2. The lowest BCUT2D eigenvalue weighted by Crippen LogP contribution is -2.57. The number of carbonyl (C=O) groups is 1. The zero-order valence-electron chi connectivity index (χ0n) is 14.1. The van der Waals surface area contributed by atoms with Gasteiger partial charge in [0.25, 0.3) is 0 Å². The van der Waals surface area contributed by atoms with Gasteiger partial charge in [-0.1, -0.05) is 32.1 Å². The molecule has 3 nitrogen and oxygen atoms in total. The van der Waals surface area contributed by atoms with E-state index < -0.39 is 11.5 Å². The average molecular weight is 306 g/mol. The van der Waals surface area contributed by atoms with Crippen molar-refractivity contribution in [2.45, 2.75) is 59.0 Å². The predicted octanol–water partition coefficient (Wildman–Crippen LogP) is 3.26. The molecule has 2 aliphatic rings. The quantitative estimate of drug-likeness (QED) is 0.476. The van der Waals surface area contributed by atoms with Crippen molar-refractivity contribution in [2.75, 3.05) is 6.61 Å². The fourth-order valence-corrected chi connectivity index (χ4v) is 4.99. The molecule has 124 valence electrons. The number of fused-ring (bicyclic) bond motifs is 1. The third kappa shape index (κ3) is 2.69. The van der Waals surface area contributed by atoms with Crippen molar-refractivity contribution in [2.24, 2.45) is 22.7 Å². The molecule has 0 radical (unpaired) electrons. The minimum absolute atomic E-state index is 0.0246. The van der Waals surface area contributed by atoms with Crippen LogP contribution in [0.5, 0.6) is 0 Å². The van der Waals surface area contributed by atoms with Crippen LogP contribution < -0.4 is 0 Å². The van der Waals surface area contributed by atoms with Crippen molar-refractivity contribution in [3.05, 3.63) is 23.8 Å². The van der Waals surface area contributed by atoms with E-state index in [1.807, 2.05) is 19.9 Å². The zero-order chi connectivity index (χ0) is 16.5. The summed E-state index contributed by atoms with van der Waals surface area (Å²) in [6.45, 7) is 10.5. The minimum atomic E-state index is -0.435. The summed E-state index contributed by atoms with van der Waals surface area (Å²) in [5.41, 5.74) is 1.62. The van der Waals surface area contributed by atoms with Gasteiger partial charge in [0, 0.05) is 5.41 Å². The summed E-state index contributed by atoms with van der Waals surface area (Å²) >= 11 is 0. The van der Waals surface area contributed by atoms with Gasteiger partial charge in [0.2, 0.25) is 0 Å². The Balaban J connectivity index is 2.35. The Labute approximate surface area is 134 Å². The molecular weight excluding hydrogens is 276 g/mol. The van der Waals surface area contributed by atoms with Crippen LogP contribution in [0.1, 0.15) is 52.9 Å². The van der Waals surface area contributed by atoms with Crippen LogP contribution in [0.4, 0.5) is 0 Å². The monoisotopic (exact) mass is 306 g/mol. The molecule has 0 aliphatic heterocycles. The van der Waals surface area contributed by atoms with E-state index in [4.69, 9.17) is 0 Å². The highest BCUT2D eigenvalue weighted by Gasteiger charge is 2.57. The van der Waals surface area contributed by atoms with Crippen molar-refractivity contribution in [3.8, 4) is 0 Å². The van der Waals surface area contributed by atoms with E-state index in [0.29, 0.717) is 5.92 Å². The average Bonchev–Trinajstić information content (AvgIpc) is 2.50. The van der Waals surface area contributed by atoms with E-state index in [9.17, 15) is 15.0 Å². The highest BCUT2D eigenvalue weighted by atomic mass is 16.3. The third-order valence-electron chi connectivity index (χ3n) is 6.55. The predicted molar refractivity (Wildman–Crippen MR) is 88.3 cm³/mol. The molecule has 0 saturated heterocycles. The lowest BCUT2D eigenvalue weighted by molar-refractivity contribution is -0.151. The molecule has 3 heteroatoms. The van der Waals surface area contributed by atoms with Gasteiger partial charge < -0.3 is 10.2 Å². The van der Waals surface area contributed by atoms with Gasteiger partial charge in [-0.25, -0.2) is 0 Å². The van der Waals surface area contributed by atoms with E-state index in [0.717, 1.165) is 44.0 Å². The molecule has 0 unspecified atom stereocenters. The van der Waals surface area contributed by atoms with E-state index in [1.165, 1.54) is 5.57 Å². The van der Waals surface area contributed by atoms with Gasteiger partial charge in [0.05, 0.1) is 12.7 Å². The highest BCUT2D eigenvalue weighted by Crippen LogP contribution is 2.61. The second-order valence-electron chi connectivity index (χ2n) is 7.83. The second kappa shape index (κ2) is 6.29. The molecule has 0 aromatic heterocycles. The Morgan fingerprint density at radius 2 is 2.09 bits per heavy atom. The van der Waals surface area contributed by atoms with Gasteiger partial charge in [-0.3, -0.25) is 4.79 Å². The van der Waals surface area contributed by atoms with Gasteiger partial charge >= 0.3 is 0 Å².